The molecular formula is C12H16N2. The van der Waals surface area contributed by atoms with Gasteiger partial charge in [-0.25, -0.2) is 0 Å². The van der Waals surface area contributed by atoms with Crippen molar-refractivity contribution in [1.29, 1.82) is 5.26 Å². The van der Waals surface area contributed by atoms with Crippen molar-refractivity contribution in [1.82, 2.24) is 4.98 Å². The molecule has 0 N–H and O–H groups in total. The number of pyridine rings is 1. The first-order valence-corrected chi connectivity index (χ1v) is 5.02. The molecule has 0 saturated heterocycles. The van der Waals surface area contributed by atoms with Crippen molar-refractivity contribution in [2.75, 3.05) is 0 Å². The molecule has 0 radical (unpaired) electrons. The molecule has 2 unspecified atom stereocenters. The van der Waals surface area contributed by atoms with Crippen molar-refractivity contribution in [2.24, 2.45) is 5.92 Å². The molecule has 2 atom stereocenters. The van der Waals surface area contributed by atoms with Gasteiger partial charge in [-0.3, -0.25) is 4.98 Å². The van der Waals surface area contributed by atoms with E-state index in [-0.39, 0.29) is 0 Å². The first kappa shape index (κ1) is 10.7. The topological polar surface area (TPSA) is 36.7 Å². The van der Waals surface area contributed by atoms with Gasteiger partial charge >= 0.3 is 0 Å². The molecule has 0 aliphatic carbocycles. The number of rotatable bonds is 4. The van der Waals surface area contributed by atoms with E-state index in [1.807, 2.05) is 24.4 Å². The Balaban J connectivity index is 2.51. The Kier molecular flexibility index (Phi) is 4.12. The van der Waals surface area contributed by atoms with Crippen LogP contribution in [0.1, 0.15) is 38.3 Å². The van der Waals surface area contributed by atoms with Crippen molar-refractivity contribution < 1.29 is 0 Å². The van der Waals surface area contributed by atoms with E-state index in [4.69, 9.17) is 5.26 Å². The van der Waals surface area contributed by atoms with E-state index < -0.39 is 0 Å². The Bertz CT molecular complexity index is 300. The highest BCUT2D eigenvalue weighted by Crippen LogP contribution is 2.22. The van der Waals surface area contributed by atoms with Gasteiger partial charge in [-0.15, -0.1) is 0 Å². The van der Waals surface area contributed by atoms with Crippen LogP contribution in [0, 0.1) is 17.2 Å². The smallest absolute Gasteiger partial charge is 0.0624 e. The minimum atomic E-state index is 0.444. The summed E-state index contributed by atoms with van der Waals surface area (Å²) in [6.45, 7) is 4.28. The van der Waals surface area contributed by atoms with Crippen LogP contribution >= 0.6 is 0 Å². The third-order valence-electron chi connectivity index (χ3n) is 2.39. The highest BCUT2D eigenvalue weighted by molar-refractivity contribution is 5.08. The van der Waals surface area contributed by atoms with Gasteiger partial charge in [0.05, 0.1) is 6.07 Å². The van der Waals surface area contributed by atoms with Crippen molar-refractivity contribution >= 4 is 0 Å². The van der Waals surface area contributed by atoms with Gasteiger partial charge in [0.15, 0.2) is 0 Å². The van der Waals surface area contributed by atoms with Gasteiger partial charge in [-0.05, 0) is 30.4 Å². The van der Waals surface area contributed by atoms with E-state index >= 15 is 0 Å². The second kappa shape index (κ2) is 5.39. The minimum absolute atomic E-state index is 0.444. The molecular weight excluding hydrogens is 172 g/mol. The number of hydrogen-bond acceptors (Lipinski definition) is 2. The standard InChI is InChI=1S/C12H16N2/c1-10(6-7-13)9-11(2)12-5-3-4-8-14-12/h3-5,8,10-11H,6,9H2,1-2H3. The van der Waals surface area contributed by atoms with Gasteiger partial charge in [0.2, 0.25) is 0 Å². The van der Waals surface area contributed by atoms with Gasteiger partial charge in [-0.2, -0.15) is 5.26 Å². The molecule has 1 aromatic rings. The van der Waals surface area contributed by atoms with Crippen LogP contribution in [-0.4, -0.2) is 4.98 Å². The maximum Gasteiger partial charge on any atom is 0.0624 e. The average molecular weight is 188 g/mol. The summed E-state index contributed by atoms with van der Waals surface area (Å²) in [5.74, 6) is 0.900. The van der Waals surface area contributed by atoms with Crippen molar-refractivity contribution in [3.63, 3.8) is 0 Å². The molecule has 2 nitrogen and oxygen atoms in total. The number of aromatic nitrogens is 1. The first-order chi connectivity index (χ1) is 6.74. The Morgan fingerprint density at radius 3 is 2.79 bits per heavy atom. The second-order valence-corrected chi connectivity index (χ2v) is 3.86. The third kappa shape index (κ3) is 3.18. The Hall–Kier alpha value is -1.36. The lowest BCUT2D eigenvalue weighted by Gasteiger charge is -2.14. The summed E-state index contributed by atoms with van der Waals surface area (Å²) in [5.41, 5.74) is 1.12. The summed E-state index contributed by atoms with van der Waals surface area (Å²) in [5, 5.41) is 8.55. The molecule has 0 spiro atoms. The number of nitrogens with zero attached hydrogens (tertiary/aromatic N) is 2. The van der Waals surface area contributed by atoms with Crippen LogP contribution in [0.5, 0.6) is 0 Å². The molecule has 2 heteroatoms. The van der Waals surface area contributed by atoms with E-state index in [1.54, 1.807) is 0 Å². The van der Waals surface area contributed by atoms with Crippen molar-refractivity contribution in [2.45, 2.75) is 32.6 Å². The van der Waals surface area contributed by atoms with Gasteiger partial charge < -0.3 is 0 Å². The summed E-state index contributed by atoms with van der Waals surface area (Å²) >= 11 is 0. The Labute approximate surface area is 85.6 Å². The van der Waals surface area contributed by atoms with Crippen LogP contribution in [-0.2, 0) is 0 Å². The zero-order chi connectivity index (χ0) is 10.4. The molecule has 74 valence electrons. The zero-order valence-electron chi connectivity index (χ0n) is 8.77. The van der Waals surface area contributed by atoms with E-state index in [1.165, 1.54) is 0 Å². The van der Waals surface area contributed by atoms with E-state index in [9.17, 15) is 0 Å². The maximum atomic E-state index is 8.55. The van der Waals surface area contributed by atoms with Crippen molar-refractivity contribution in [3.8, 4) is 6.07 Å². The molecule has 0 aliphatic heterocycles. The van der Waals surface area contributed by atoms with E-state index in [0.717, 1.165) is 12.1 Å². The molecule has 1 aromatic heterocycles. The van der Waals surface area contributed by atoms with Gasteiger partial charge in [0.1, 0.15) is 0 Å². The predicted octanol–water partition coefficient (Wildman–Crippen LogP) is 3.12. The SMILES string of the molecule is CC(CC#N)CC(C)c1ccccn1. The van der Waals surface area contributed by atoms with E-state index in [0.29, 0.717) is 18.3 Å². The minimum Gasteiger partial charge on any atom is -0.261 e. The van der Waals surface area contributed by atoms with Gasteiger partial charge in [0, 0.05) is 18.3 Å². The fraction of sp³-hybridized carbons (Fsp3) is 0.500. The lowest BCUT2D eigenvalue weighted by molar-refractivity contribution is 0.487. The second-order valence-electron chi connectivity index (χ2n) is 3.86. The highest BCUT2D eigenvalue weighted by atomic mass is 14.7. The normalized spacial score (nSPS) is 14.4. The summed E-state index contributed by atoms with van der Waals surface area (Å²) in [4.78, 5) is 4.31. The molecule has 0 bridgehead atoms. The summed E-state index contributed by atoms with van der Waals surface area (Å²) in [6.07, 6.45) is 3.49. The largest absolute Gasteiger partial charge is 0.261 e. The first-order valence-electron chi connectivity index (χ1n) is 5.02. The van der Waals surface area contributed by atoms with E-state index in [2.05, 4.69) is 24.9 Å². The summed E-state index contributed by atoms with van der Waals surface area (Å²) in [6, 6.07) is 8.18. The van der Waals surface area contributed by atoms with Crippen LogP contribution in [0.25, 0.3) is 0 Å². The average Bonchev–Trinajstić information content (AvgIpc) is 2.19. The lowest BCUT2D eigenvalue weighted by Crippen LogP contribution is -2.02. The molecule has 0 amide bonds. The predicted molar refractivity (Wildman–Crippen MR) is 56.7 cm³/mol. The van der Waals surface area contributed by atoms with Gasteiger partial charge in [-0.1, -0.05) is 19.9 Å². The Morgan fingerprint density at radius 1 is 1.43 bits per heavy atom. The quantitative estimate of drug-likeness (QED) is 0.727. The fourth-order valence-electron chi connectivity index (χ4n) is 1.63. The molecule has 0 fully saturated rings. The van der Waals surface area contributed by atoms with Gasteiger partial charge in [0.25, 0.3) is 0 Å². The highest BCUT2D eigenvalue weighted by Gasteiger charge is 2.10. The van der Waals surface area contributed by atoms with Crippen LogP contribution in [0.4, 0.5) is 0 Å². The fourth-order valence-corrected chi connectivity index (χ4v) is 1.63. The summed E-state index contributed by atoms with van der Waals surface area (Å²) < 4.78 is 0. The van der Waals surface area contributed by atoms with Crippen LogP contribution in [0.15, 0.2) is 24.4 Å². The zero-order valence-corrected chi connectivity index (χ0v) is 8.77. The molecule has 0 aromatic carbocycles. The molecule has 1 rings (SSSR count). The number of hydrogen-bond donors (Lipinski definition) is 0. The third-order valence-corrected chi connectivity index (χ3v) is 2.39. The molecule has 0 saturated carbocycles. The van der Waals surface area contributed by atoms with Crippen LogP contribution < -0.4 is 0 Å². The monoisotopic (exact) mass is 188 g/mol. The lowest BCUT2D eigenvalue weighted by atomic mass is 9.93. The maximum absolute atomic E-state index is 8.55. The number of nitriles is 1. The van der Waals surface area contributed by atoms with Crippen LogP contribution in [0.2, 0.25) is 0 Å². The molecule has 0 aliphatic rings. The summed E-state index contributed by atoms with van der Waals surface area (Å²) in [7, 11) is 0. The molecule has 1 heterocycles. The van der Waals surface area contributed by atoms with Crippen molar-refractivity contribution in [3.05, 3.63) is 30.1 Å². The van der Waals surface area contributed by atoms with Crippen LogP contribution in [0.3, 0.4) is 0 Å². The Morgan fingerprint density at radius 2 is 2.21 bits per heavy atom. The molecule has 14 heavy (non-hydrogen) atoms.